The number of aliphatic hydroxyl groups is 1. The van der Waals surface area contributed by atoms with E-state index in [2.05, 4.69) is 16.9 Å². The van der Waals surface area contributed by atoms with Gasteiger partial charge in [0.05, 0.1) is 5.69 Å². The van der Waals surface area contributed by atoms with Crippen LogP contribution in [0, 0.1) is 23.2 Å². The summed E-state index contributed by atoms with van der Waals surface area (Å²) in [6.45, 7) is 1.98. The Hall–Kier alpha value is -3.25. The average Bonchev–Trinajstić information content (AvgIpc) is 3.02. The molecule has 1 aliphatic heterocycles. The maximum Gasteiger partial charge on any atom is 0.269 e. The van der Waals surface area contributed by atoms with Crippen molar-refractivity contribution in [2.24, 2.45) is 17.1 Å². The van der Waals surface area contributed by atoms with Gasteiger partial charge in [-0.3, -0.25) is 9.59 Å². The molecule has 2 heterocycles. The van der Waals surface area contributed by atoms with Crippen molar-refractivity contribution >= 4 is 11.8 Å². The molecule has 0 radical (unpaired) electrons. The molecular weight excluding hydrogens is 418 g/mol. The largest absolute Gasteiger partial charge is 0.369 e. The zero-order valence-corrected chi connectivity index (χ0v) is 17.7. The lowest BCUT2D eigenvalue weighted by molar-refractivity contribution is -0.137. The molecule has 0 bridgehead atoms. The van der Waals surface area contributed by atoms with Gasteiger partial charge in [0, 0.05) is 54.6 Å². The summed E-state index contributed by atoms with van der Waals surface area (Å²) < 4.78 is 30.3. The van der Waals surface area contributed by atoms with Gasteiger partial charge in [0.1, 0.15) is 0 Å². The quantitative estimate of drug-likeness (QED) is 0.687. The number of rotatable bonds is 2. The topological polar surface area (TPSA) is 101 Å². The Kier molecular flexibility index (Phi) is 4.12. The van der Waals surface area contributed by atoms with Gasteiger partial charge in [0.25, 0.3) is 17.7 Å². The van der Waals surface area contributed by atoms with Crippen molar-refractivity contribution in [2.45, 2.75) is 37.7 Å². The lowest BCUT2D eigenvalue weighted by Crippen LogP contribution is -2.37. The normalized spacial score (nSPS) is 29.7. The number of aromatic nitrogens is 2. The number of carbonyl (C=O) groups excluding carboxylic acids is 2. The van der Waals surface area contributed by atoms with Crippen molar-refractivity contribution in [3.05, 3.63) is 46.8 Å². The lowest BCUT2D eigenvalue weighted by atomic mass is 9.87. The minimum absolute atomic E-state index is 0.00939. The molecule has 2 aromatic rings. The summed E-state index contributed by atoms with van der Waals surface area (Å²) in [7, 11) is 1.61. The van der Waals surface area contributed by atoms with Crippen molar-refractivity contribution in [1.82, 2.24) is 14.7 Å². The number of likely N-dealkylation sites (tertiary alicyclic amines) is 1. The Labute approximate surface area is 183 Å². The molecule has 9 heteroatoms. The maximum atomic E-state index is 14.4. The molecule has 1 aromatic heterocycles. The van der Waals surface area contributed by atoms with E-state index in [4.69, 9.17) is 5.73 Å². The molecule has 5 rings (SSSR count). The Bertz CT molecular complexity index is 1240. The van der Waals surface area contributed by atoms with Gasteiger partial charge in [0.15, 0.2) is 5.69 Å². The lowest BCUT2D eigenvalue weighted by Gasteiger charge is -2.18. The van der Waals surface area contributed by atoms with Crippen LogP contribution in [0.4, 0.5) is 8.78 Å². The first-order valence-electron chi connectivity index (χ1n) is 10.4. The predicted octanol–water partition coefficient (Wildman–Crippen LogP) is 1.29. The molecule has 3 atom stereocenters. The smallest absolute Gasteiger partial charge is 0.269 e. The SMILES string of the molecule is CN1CC[C@@](O)(C#Cc2cccc(-n3nc(C(N)=O)c4c3C[C@@]3(C)[C@H](C4)C3(F)F)c2)C1=O. The van der Waals surface area contributed by atoms with Crippen molar-refractivity contribution in [2.75, 3.05) is 13.6 Å². The third-order valence-corrected chi connectivity index (χ3v) is 7.16. The summed E-state index contributed by atoms with van der Waals surface area (Å²) in [6.07, 6.45) is 0.355. The highest BCUT2D eigenvalue weighted by atomic mass is 19.3. The number of amides is 2. The van der Waals surface area contributed by atoms with Crippen LogP contribution in [0.15, 0.2) is 24.3 Å². The molecule has 32 heavy (non-hydrogen) atoms. The van der Waals surface area contributed by atoms with E-state index in [-0.39, 0.29) is 25.0 Å². The van der Waals surface area contributed by atoms with Gasteiger partial charge in [-0.15, -0.1) is 0 Å². The van der Waals surface area contributed by atoms with Crippen LogP contribution in [-0.2, 0) is 17.6 Å². The third-order valence-electron chi connectivity index (χ3n) is 7.16. The number of halogens is 2. The van der Waals surface area contributed by atoms with Gasteiger partial charge < -0.3 is 15.7 Å². The summed E-state index contributed by atoms with van der Waals surface area (Å²) in [5.41, 5.74) is 4.68. The maximum absolute atomic E-state index is 14.4. The first-order valence-corrected chi connectivity index (χ1v) is 10.4. The number of fused-ring (bicyclic) bond motifs is 2. The predicted molar refractivity (Wildman–Crippen MR) is 110 cm³/mol. The number of benzene rings is 1. The van der Waals surface area contributed by atoms with Gasteiger partial charge in [-0.2, -0.15) is 5.10 Å². The van der Waals surface area contributed by atoms with Crippen LogP contribution in [0.5, 0.6) is 0 Å². The monoisotopic (exact) mass is 440 g/mol. The van der Waals surface area contributed by atoms with E-state index in [9.17, 15) is 23.5 Å². The highest BCUT2D eigenvalue weighted by molar-refractivity contribution is 5.93. The highest BCUT2D eigenvalue weighted by Gasteiger charge is 2.78. The molecule has 2 fully saturated rings. The molecule has 7 nitrogen and oxygen atoms in total. The number of hydrogen-bond acceptors (Lipinski definition) is 4. The Morgan fingerprint density at radius 3 is 2.78 bits per heavy atom. The number of likely N-dealkylation sites (N-methyl/N-ethyl adjacent to an activating group) is 1. The molecule has 1 saturated heterocycles. The number of alkyl halides is 2. The molecule has 3 aliphatic rings. The molecule has 1 saturated carbocycles. The van der Waals surface area contributed by atoms with E-state index in [0.29, 0.717) is 29.1 Å². The Balaban J connectivity index is 1.54. The first kappa shape index (κ1) is 20.6. The molecule has 166 valence electrons. The minimum atomic E-state index is -2.80. The van der Waals surface area contributed by atoms with E-state index in [1.807, 2.05) is 0 Å². The van der Waals surface area contributed by atoms with E-state index >= 15 is 0 Å². The summed E-state index contributed by atoms with van der Waals surface area (Å²) in [5, 5.41) is 14.9. The Morgan fingerprint density at radius 2 is 2.12 bits per heavy atom. The summed E-state index contributed by atoms with van der Waals surface area (Å²) in [6, 6.07) is 6.83. The minimum Gasteiger partial charge on any atom is -0.369 e. The zero-order valence-electron chi connectivity index (χ0n) is 17.7. The fourth-order valence-corrected chi connectivity index (χ4v) is 4.97. The van der Waals surface area contributed by atoms with Crippen LogP contribution in [0.1, 0.15) is 40.7 Å². The molecule has 0 spiro atoms. The standard InChI is InChI=1S/C23H22F2N4O3/c1-21-12-16-15(11-17(21)23(21,24)25)18(19(26)30)27-29(16)14-5-3-4-13(10-14)6-7-22(32)8-9-28(2)20(22)31/h3-5,10,17,32H,8-9,11-12H2,1-2H3,(H2,26,30)/t17-,21-,22-/m0/s1. The molecule has 0 unspecified atom stereocenters. The van der Waals surface area contributed by atoms with Gasteiger partial charge in [-0.25, -0.2) is 13.5 Å². The second-order valence-corrected chi connectivity index (χ2v) is 9.16. The van der Waals surface area contributed by atoms with Crippen LogP contribution in [-0.4, -0.2) is 56.7 Å². The molecule has 1 aromatic carbocycles. The van der Waals surface area contributed by atoms with Crippen LogP contribution < -0.4 is 5.73 Å². The molecular formula is C23H22F2N4O3. The van der Waals surface area contributed by atoms with Gasteiger partial charge in [0.2, 0.25) is 5.60 Å². The second kappa shape index (κ2) is 6.39. The van der Waals surface area contributed by atoms with E-state index in [1.54, 1.807) is 38.2 Å². The summed E-state index contributed by atoms with van der Waals surface area (Å²) in [5.74, 6) is 0.681. The van der Waals surface area contributed by atoms with Gasteiger partial charge >= 0.3 is 0 Å². The van der Waals surface area contributed by atoms with Crippen molar-refractivity contribution < 1.29 is 23.5 Å². The zero-order chi connectivity index (χ0) is 23.1. The number of primary amides is 1. The fraction of sp³-hybridized carbons (Fsp3) is 0.435. The third kappa shape index (κ3) is 2.72. The number of nitrogens with two attached hydrogens (primary N) is 1. The van der Waals surface area contributed by atoms with Crippen molar-refractivity contribution in [1.29, 1.82) is 0 Å². The van der Waals surface area contributed by atoms with E-state index in [1.165, 1.54) is 9.58 Å². The van der Waals surface area contributed by atoms with Crippen LogP contribution in [0.3, 0.4) is 0 Å². The summed E-state index contributed by atoms with van der Waals surface area (Å²) >= 11 is 0. The van der Waals surface area contributed by atoms with Crippen LogP contribution in [0.25, 0.3) is 5.69 Å². The number of hydrogen-bond donors (Lipinski definition) is 2. The van der Waals surface area contributed by atoms with Crippen LogP contribution >= 0.6 is 0 Å². The highest BCUT2D eigenvalue weighted by Crippen LogP contribution is 2.70. The van der Waals surface area contributed by atoms with Crippen molar-refractivity contribution in [3.8, 4) is 17.5 Å². The number of carbonyl (C=O) groups is 2. The van der Waals surface area contributed by atoms with E-state index in [0.717, 1.165) is 0 Å². The molecule has 2 aliphatic carbocycles. The molecule has 3 N–H and O–H groups in total. The fourth-order valence-electron chi connectivity index (χ4n) is 4.97. The number of nitrogens with zero attached hydrogens (tertiary/aromatic N) is 3. The van der Waals surface area contributed by atoms with Gasteiger partial charge in [-0.05, 0) is 24.6 Å². The van der Waals surface area contributed by atoms with E-state index < -0.39 is 34.7 Å². The van der Waals surface area contributed by atoms with Crippen molar-refractivity contribution in [3.63, 3.8) is 0 Å². The summed E-state index contributed by atoms with van der Waals surface area (Å²) in [4.78, 5) is 25.5. The first-order chi connectivity index (χ1) is 15.0. The average molecular weight is 440 g/mol. The van der Waals surface area contributed by atoms with Gasteiger partial charge in [-0.1, -0.05) is 24.8 Å². The molecule has 2 amide bonds. The second-order valence-electron chi connectivity index (χ2n) is 9.16. The Morgan fingerprint density at radius 1 is 1.38 bits per heavy atom. The van der Waals surface area contributed by atoms with Crippen LogP contribution in [0.2, 0.25) is 0 Å².